The lowest BCUT2D eigenvalue weighted by molar-refractivity contribution is 0.102. The van der Waals surface area contributed by atoms with Crippen LogP contribution in [0.5, 0.6) is 5.75 Å². The van der Waals surface area contributed by atoms with Crippen LogP contribution in [-0.4, -0.2) is 43.8 Å². The second kappa shape index (κ2) is 7.07. The van der Waals surface area contributed by atoms with Crippen LogP contribution >= 0.6 is 11.3 Å². The van der Waals surface area contributed by atoms with Crippen molar-refractivity contribution in [3.8, 4) is 5.75 Å². The average molecular weight is 395 g/mol. The molecule has 3 aromatic rings. The number of anilines is 2. The van der Waals surface area contributed by atoms with Crippen molar-refractivity contribution in [3.05, 3.63) is 47.5 Å². The predicted molar refractivity (Wildman–Crippen MR) is 111 cm³/mol. The van der Waals surface area contributed by atoms with Crippen molar-refractivity contribution in [2.75, 3.05) is 37.0 Å². The monoisotopic (exact) mass is 395 g/mol. The van der Waals surface area contributed by atoms with Gasteiger partial charge < -0.3 is 19.7 Å². The lowest BCUT2D eigenvalue weighted by atomic mass is 10.1. The van der Waals surface area contributed by atoms with Crippen LogP contribution in [0, 0.1) is 0 Å². The van der Waals surface area contributed by atoms with Crippen LogP contribution in [0.15, 0.2) is 36.4 Å². The van der Waals surface area contributed by atoms with Gasteiger partial charge in [0, 0.05) is 37.9 Å². The third-order valence-corrected chi connectivity index (χ3v) is 6.43. The van der Waals surface area contributed by atoms with E-state index in [-0.39, 0.29) is 12.0 Å². The molecule has 2 aliphatic rings. The number of hydrogen-bond acceptors (Lipinski definition) is 6. The molecule has 1 N–H and O–H groups in total. The van der Waals surface area contributed by atoms with E-state index in [1.165, 1.54) is 0 Å². The number of hydrogen-bond donors (Lipinski definition) is 1. The molecule has 0 spiro atoms. The molecule has 2 aliphatic heterocycles. The molecular weight excluding hydrogens is 374 g/mol. The molecule has 2 aromatic carbocycles. The Bertz CT molecular complexity index is 1050. The van der Waals surface area contributed by atoms with E-state index in [1.807, 2.05) is 30.3 Å². The summed E-state index contributed by atoms with van der Waals surface area (Å²) in [6, 6.07) is 11.5. The smallest absolute Gasteiger partial charge is 0.255 e. The van der Waals surface area contributed by atoms with Crippen molar-refractivity contribution < 1.29 is 14.3 Å². The molecule has 0 aliphatic carbocycles. The molecule has 0 radical (unpaired) electrons. The van der Waals surface area contributed by atoms with E-state index in [1.54, 1.807) is 24.5 Å². The van der Waals surface area contributed by atoms with Crippen LogP contribution in [0.1, 0.15) is 22.3 Å². The van der Waals surface area contributed by atoms with Crippen LogP contribution in [0.4, 0.5) is 10.8 Å². The zero-order valence-corrected chi connectivity index (χ0v) is 16.4. The number of methoxy groups -OCH3 is 1. The maximum Gasteiger partial charge on any atom is 0.255 e. The second-order valence-electron chi connectivity index (χ2n) is 7.15. The van der Waals surface area contributed by atoms with Gasteiger partial charge in [-0.25, -0.2) is 4.98 Å². The van der Waals surface area contributed by atoms with Gasteiger partial charge in [0.1, 0.15) is 5.75 Å². The highest BCUT2D eigenvalue weighted by Crippen LogP contribution is 2.33. The van der Waals surface area contributed by atoms with Gasteiger partial charge in [-0.15, -0.1) is 0 Å². The van der Waals surface area contributed by atoms with Crippen molar-refractivity contribution in [1.82, 2.24) is 4.98 Å². The van der Waals surface area contributed by atoms with E-state index in [9.17, 15) is 4.79 Å². The standard InChI is InChI=1S/C21H21N3O3S/c1-26-16-6-8-24(12-16)21-23-17-11-15(3-5-19(17)28-21)22-20(25)14-2-4-18-13(10-14)7-9-27-18/h2-5,10-11,16H,6-9,12H2,1H3,(H,22,25). The third kappa shape index (κ3) is 3.21. The molecule has 0 saturated carbocycles. The minimum atomic E-state index is -0.119. The molecule has 1 atom stereocenters. The Balaban J connectivity index is 1.34. The van der Waals surface area contributed by atoms with Gasteiger partial charge in [0.25, 0.3) is 5.91 Å². The fourth-order valence-electron chi connectivity index (χ4n) is 3.75. The van der Waals surface area contributed by atoms with Crippen molar-refractivity contribution in [1.29, 1.82) is 0 Å². The number of ether oxygens (including phenoxy) is 2. The number of nitrogens with one attached hydrogen (secondary N) is 1. The van der Waals surface area contributed by atoms with Gasteiger partial charge in [0.15, 0.2) is 5.13 Å². The van der Waals surface area contributed by atoms with E-state index >= 15 is 0 Å². The first kappa shape index (κ1) is 17.5. The van der Waals surface area contributed by atoms with Gasteiger partial charge in [-0.3, -0.25) is 4.79 Å². The maximum atomic E-state index is 12.6. The number of carbonyl (C=O) groups excluding carboxylic acids is 1. The summed E-state index contributed by atoms with van der Waals surface area (Å²) in [4.78, 5) is 19.7. The molecule has 144 valence electrons. The Kier molecular flexibility index (Phi) is 4.41. The van der Waals surface area contributed by atoms with Gasteiger partial charge in [-0.1, -0.05) is 11.3 Å². The highest BCUT2D eigenvalue weighted by atomic mass is 32.1. The third-order valence-electron chi connectivity index (χ3n) is 5.33. The minimum Gasteiger partial charge on any atom is -0.493 e. The lowest BCUT2D eigenvalue weighted by Gasteiger charge is -2.13. The van der Waals surface area contributed by atoms with Gasteiger partial charge >= 0.3 is 0 Å². The molecule has 28 heavy (non-hydrogen) atoms. The molecule has 1 unspecified atom stereocenters. The van der Waals surface area contributed by atoms with Crippen LogP contribution in [0.25, 0.3) is 10.2 Å². The summed E-state index contributed by atoms with van der Waals surface area (Å²) in [6.45, 7) is 2.53. The highest BCUT2D eigenvalue weighted by Gasteiger charge is 2.24. The summed E-state index contributed by atoms with van der Waals surface area (Å²) >= 11 is 1.68. The summed E-state index contributed by atoms with van der Waals surface area (Å²) in [6.07, 6.45) is 2.16. The molecule has 7 heteroatoms. The van der Waals surface area contributed by atoms with E-state index in [2.05, 4.69) is 10.2 Å². The largest absolute Gasteiger partial charge is 0.493 e. The van der Waals surface area contributed by atoms with E-state index in [0.29, 0.717) is 12.2 Å². The number of benzene rings is 2. The number of amides is 1. The first-order valence-corrected chi connectivity index (χ1v) is 10.3. The van der Waals surface area contributed by atoms with Crippen LogP contribution < -0.4 is 15.0 Å². The number of carbonyl (C=O) groups is 1. The number of rotatable bonds is 4. The van der Waals surface area contributed by atoms with Crippen molar-refractivity contribution in [2.45, 2.75) is 18.9 Å². The maximum absolute atomic E-state index is 12.6. The van der Waals surface area contributed by atoms with E-state index < -0.39 is 0 Å². The fourth-order valence-corrected chi connectivity index (χ4v) is 4.73. The van der Waals surface area contributed by atoms with E-state index in [0.717, 1.165) is 58.3 Å². The minimum absolute atomic E-state index is 0.119. The van der Waals surface area contributed by atoms with E-state index in [4.69, 9.17) is 14.5 Å². The number of thiazole rings is 1. The Hall–Kier alpha value is -2.64. The summed E-state index contributed by atoms with van der Waals surface area (Å²) in [5.74, 6) is 0.762. The summed E-state index contributed by atoms with van der Waals surface area (Å²) in [5.41, 5.74) is 3.39. The number of nitrogens with zero attached hydrogens (tertiary/aromatic N) is 2. The van der Waals surface area contributed by atoms with Crippen molar-refractivity contribution in [3.63, 3.8) is 0 Å². The number of fused-ring (bicyclic) bond motifs is 2. The van der Waals surface area contributed by atoms with Gasteiger partial charge in [-0.2, -0.15) is 0 Å². The van der Waals surface area contributed by atoms with Crippen molar-refractivity contribution >= 4 is 38.3 Å². The normalized spacial score (nSPS) is 18.3. The molecular formula is C21H21N3O3S. The Morgan fingerprint density at radius 3 is 3.11 bits per heavy atom. The topological polar surface area (TPSA) is 63.7 Å². The molecule has 0 bridgehead atoms. The Morgan fingerprint density at radius 1 is 1.32 bits per heavy atom. The first-order chi connectivity index (χ1) is 13.7. The number of aromatic nitrogens is 1. The van der Waals surface area contributed by atoms with Gasteiger partial charge in [0.2, 0.25) is 0 Å². The fraction of sp³-hybridized carbons (Fsp3) is 0.333. The molecule has 1 fully saturated rings. The zero-order chi connectivity index (χ0) is 19.1. The molecule has 1 aromatic heterocycles. The predicted octanol–water partition coefficient (Wildman–Crippen LogP) is 3.71. The summed E-state index contributed by atoms with van der Waals surface area (Å²) in [5, 5.41) is 4.00. The lowest BCUT2D eigenvalue weighted by Crippen LogP contribution is -2.21. The second-order valence-corrected chi connectivity index (χ2v) is 8.16. The first-order valence-electron chi connectivity index (χ1n) is 9.45. The highest BCUT2D eigenvalue weighted by molar-refractivity contribution is 7.22. The molecule has 6 nitrogen and oxygen atoms in total. The Morgan fingerprint density at radius 2 is 2.25 bits per heavy atom. The summed E-state index contributed by atoms with van der Waals surface area (Å²) < 4.78 is 12.1. The molecule has 3 heterocycles. The molecule has 1 saturated heterocycles. The average Bonchev–Trinajstić information content (AvgIpc) is 3.44. The van der Waals surface area contributed by atoms with Gasteiger partial charge in [0.05, 0.1) is 22.9 Å². The Labute approximate surface area is 167 Å². The zero-order valence-electron chi connectivity index (χ0n) is 15.6. The summed E-state index contributed by atoms with van der Waals surface area (Å²) in [7, 11) is 1.76. The van der Waals surface area contributed by atoms with Crippen LogP contribution in [0.2, 0.25) is 0 Å². The van der Waals surface area contributed by atoms with Crippen LogP contribution in [0.3, 0.4) is 0 Å². The molecule has 1 amide bonds. The molecule has 5 rings (SSSR count). The quantitative estimate of drug-likeness (QED) is 0.730. The SMILES string of the molecule is COC1CCN(c2nc3cc(NC(=O)c4ccc5c(c4)CCO5)ccc3s2)C1. The van der Waals surface area contributed by atoms with Gasteiger partial charge in [-0.05, 0) is 48.4 Å². The van der Waals surface area contributed by atoms with Crippen LogP contribution in [-0.2, 0) is 11.2 Å². The van der Waals surface area contributed by atoms with Crippen molar-refractivity contribution in [2.24, 2.45) is 0 Å².